The highest BCUT2D eigenvalue weighted by Crippen LogP contribution is 2.32. The van der Waals surface area contributed by atoms with Crippen LogP contribution in [-0.4, -0.2) is 26.5 Å². The Bertz CT molecular complexity index is 466. The molecule has 19 heavy (non-hydrogen) atoms. The van der Waals surface area contributed by atoms with Crippen LogP contribution in [0.15, 0.2) is 24.3 Å². The average molecular weight is 283 g/mol. The van der Waals surface area contributed by atoms with E-state index in [2.05, 4.69) is 5.32 Å². The lowest BCUT2D eigenvalue weighted by Gasteiger charge is -2.18. The summed E-state index contributed by atoms with van der Waals surface area (Å²) in [7, 11) is 0. The molecule has 1 saturated heterocycles. The Hall–Kier alpha value is -1.37. The third-order valence-corrected chi connectivity index (χ3v) is 2.81. The molecule has 1 fully saturated rings. The van der Waals surface area contributed by atoms with Crippen LogP contribution in [0.5, 0.6) is 0 Å². The van der Waals surface area contributed by atoms with Gasteiger partial charge in [-0.3, -0.25) is 5.32 Å². The molecule has 1 aliphatic rings. The van der Waals surface area contributed by atoms with Crippen molar-refractivity contribution in [3.63, 3.8) is 0 Å². The Kier molecular flexibility index (Phi) is 5.53. The molecule has 104 valence electrons. The Morgan fingerprint density at radius 2 is 1.79 bits per heavy atom. The molecule has 0 saturated carbocycles. The van der Waals surface area contributed by atoms with Gasteiger partial charge in [-0.1, -0.05) is 29.8 Å². The Morgan fingerprint density at radius 1 is 1.26 bits per heavy atom. The first-order valence-corrected chi connectivity index (χ1v) is 6.49. The Labute approximate surface area is 116 Å². The van der Waals surface area contributed by atoms with Gasteiger partial charge >= 0.3 is 11.6 Å². The quantitative estimate of drug-likeness (QED) is 0.828. The number of rotatable bonds is 2. The summed E-state index contributed by atoms with van der Waals surface area (Å²) in [6.45, 7) is 5.90. The highest BCUT2D eigenvalue weighted by atomic mass is 32.1. The topological polar surface area (TPSA) is 72.5 Å². The van der Waals surface area contributed by atoms with Crippen molar-refractivity contribution >= 4 is 17.9 Å². The summed E-state index contributed by atoms with van der Waals surface area (Å²) >= 11 is -0.750. The summed E-state index contributed by atoms with van der Waals surface area (Å²) in [5.74, 6) is 0. The number of hydrogen-bond acceptors (Lipinski definition) is 5. The first-order valence-electron chi connectivity index (χ1n) is 5.82. The first kappa shape index (κ1) is 15.7. The molecular weight excluding hydrogens is 266 g/mol. The maximum Gasteiger partial charge on any atom is 0.335 e. The maximum atomic E-state index is 11.0. The number of aryl methyl sites for hydroxylation is 1. The lowest BCUT2D eigenvalue weighted by Crippen LogP contribution is -2.39. The maximum absolute atomic E-state index is 11.0. The van der Waals surface area contributed by atoms with E-state index >= 15 is 0 Å². The SMILES string of the molecule is Cc1ccc([C@H]2OC(C)(C)N[C@@H]2C=O)cc1.O=S=O. The van der Waals surface area contributed by atoms with Crippen molar-refractivity contribution in [2.75, 3.05) is 0 Å². The van der Waals surface area contributed by atoms with Gasteiger partial charge in [-0.2, -0.15) is 8.42 Å². The molecule has 0 bridgehead atoms. The van der Waals surface area contributed by atoms with Crippen LogP contribution in [0.4, 0.5) is 0 Å². The van der Waals surface area contributed by atoms with Gasteiger partial charge < -0.3 is 9.53 Å². The molecule has 5 nitrogen and oxygen atoms in total. The van der Waals surface area contributed by atoms with Crippen LogP contribution in [0.1, 0.15) is 31.1 Å². The van der Waals surface area contributed by atoms with Crippen molar-refractivity contribution in [3.8, 4) is 0 Å². The molecule has 0 aliphatic carbocycles. The summed E-state index contributed by atoms with van der Waals surface area (Å²) < 4.78 is 22.4. The van der Waals surface area contributed by atoms with E-state index in [-0.39, 0.29) is 12.1 Å². The minimum absolute atomic E-state index is 0.187. The van der Waals surface area contributed by atoms with Crippen LogP contribution in [0.3, 0.4) is 0 Å². The van der Waals surface area contributed by atoms with E-state index < -0.39 is 17.3 Å². The average Bonchev–Trinajstić information content (AvgIpc) is 2.67. The molecule has 1 aromatic carbocycles. The van der Waals surface area contributed by atoms with Gasteiger partial charge in [-0.15, -0.1) is 0 Å². The number of hydrogen-bond donors (Lipinski definition) is 1. The van der Waals surface area contributed by atoms with Crippen LogP contribution in [-0.2, 0) is 21.1 Å². The smallest absolute Gasteiger partial charge is 0.335 e. The molecule has 1 aliphatic heterocycles. The molecule has 6 heteroatoms. The van der Waals surface area contributed by atoms with Crippen LogP contribution < -0.4 is 5.32 Å². The van der Waals surface area contributed by atoms with Gasteiger partial charge in [-0.25, -0.2) is 0 Å². The molecule has 0 unspecified atom stereocenters. The number of aldehydes is 1. The van der Waals surface area contributed by atoms with Gasteiger partial charge in [0.05, 0.1) is 6.04 Å². The largest absolute Gasteiger partial charge is 0.351 e. The van der Waals surface area contributed by atoms with Crippen molar-refractivity contribution < 1.29 is 17.9 Å². The molecule has 1 N–H and O–H groups in total. The fourth-order valence-corrected chi connectivity index (χ4v) is 2.04. The molecule has 1 heterocycles. The first-order chi connectivity index (χ1) is 8.93. The minimum Gasteiger partial charge on any atom is -0.351 e. The minimum atomic E-state index is -0.750. The summed E-state index contributed by atoms with van der Waals surface area (Å²) in [5, 5.41) is 3.15. The van der Waals surface area contributed by atoms with E-state index in [9.17, 15) is 4.79 Å². The highest BCUT2D eigenvalue weighted by Gasteiger charge is 2.39. The summed E-state index contributed by atoms with van der Waals surface area (Å²) in [6.07, 6.45) is 0.729. The van der Waals surface area contributed by atoms with Gasteiger partial charge in [0, 0.05) is 0 Å². The Morgan fingerprint density at radius 3 is 2.26 bits per heavy atom. The van der Waals surface area contributed by atoms with Gasteiger partial charge in [0.15, 0.2) is 0 Å². The highest BCUT2D eigenvalue weighted by molar-refractivity contribution is 7.51. The van der Waals surface area contributed by atoms with Gasteiger partial charge in [0.1, 0.15) is 18.1 Å². The second-order valence-corrected chi connectivity index (χ2v) is 4.97. The van der Waals surface area contributed by atoms with E-state index in [0.29, 0.717) is 0 Å². The second-order valence-electron chi connectivity index (χ2n) is 4.83. The van der Waals surface area contributed by atoms with E-state index in [4.69, 9.17) is 13.2 Å². The zero-order valence-corrected chi connectivity index (χ0v) is 11.9. The number of benzene rings is 1. The van der Waals surface area contributed by atoms with Crippen LogP contribution in [0.25, 0.3) is 0 Å². The standard InChI is InChI=1S/C13H17NO2.O2S/c1-9-4-6-10(7-5-9)12-11(8-15)14-13(2,3)16-12;1-3-2/h4-8,11-12,14H,1-3H3;/t11-,12-;/m1./s1. The molecule has 0 aromatic heterocycles. The van der Waals surface area contributed by atoms with E-state index in [0.717, 1.165) is 11.8 Å². The lowest BCUT2D eigenvalue weighted by molar-refractivity contribution is -0.110. The molecule has 2 atom stereocenters. The monoisotopic (exact) mass is 283 g/mol. The van der Waals surface area contributed by atoms with Gasteiger partial charge in [-0.05, 0) is 26.3 Å². The fourth-order valence-electron chi connectivity index (χ4n) is 2.04. The van der Waals surface area contributed by atoms with Gasteiger partial charge in [0.25, 0.3) is 0 Å². The third-order valence-electron chi connectivity index (χ3n) is 2.81. The number of carbonyl (C=O) groups excluding carboxylic acids is 1. The Balaban J connectivity index is 0.000000550. The summed E-state index contributed by atoms with van der Waals surface area (Å²) in [5.41, 5.74) is 1.80. The molecule has 0 spiro atoms. The zero-order valence-electron chi connectivity index (χ0n) is 11.1. The molecule has 0 amide bonds. The van der Waals surface area contributed by atoms with E-state index in [1.54, 1.807) is 0 Å². The number of nitrogens with one attached hydrogen (secondary N) is 1. The van der Waals surface area contributed by atoms with Crippen molar-refractivity contribution in [3.05, 3.63) is 35.4 Å². The van der Waals surface area contributed by atoms with Crippen molar-refractivity contribution in [1.29, 1.82) is 0 Å². The molecule has 1 aromatic rings. The summed E-state index contributed by atoms with van der Waals surface area (Å²) in [6, 6.07) is 7.83. The van der Waals surface area contributed by atoms with Crippen molar-refractivity contribution in [1.82, 2.24) is 5.32 Å². The normalized spacial score (nSPS) is 24.2. The van der Waals surface area contributed by atoms with Crippen LogP contribution in [0, 0.1) is 6.92 Å². The van der Waals surface area contributed by atoms with Crippen molar-refractivity contribution in [2.24, 2.45) is 0 Å². The van der Waals surface area contributed by atoms with E-state index in [1.807, 2.05) is 45.0 Å². The predicted molar refractivity (Wildman–Crippen MR) is 71.0 cm³/mol. The molecular formula is C13H17NO4S. The number of ether oxygens (including phenoxy) is 1. The lowest BCUT2D eigenvalue weighted by atomic mass is 10.0. The van der Waals surface area contributed by atoms with Crippen molar-refractivity contribution in [2.45, 2.75) is 38.6 Å². The number of carbonyl (C=O) groups is 1. The predicted octanol–water partition coefficient (Wildman–Crippen LogP) is 1.29. The fraction of sp³-hybridized carbons (Fsp3) is 0.462. The van der Waals surface area contributed by atoms with Gasteiger partial charge in [0.2, 0.25) is 0 Å². The molecule has 0 radical (unpaired) electrons. The summed E-state index contributed by atoms with van der Waals surface area (Å²) in [4.78, 5) is 11.0. The third kappa shape index (κ3) is 4.34. The molecule has 2 rings (SSSR count). The second kappa shape index (κ2) is 6.70. The van der Waals surface area contributed by atoms with E-state index in [1.165, 1.54) is 5.56 Å². The van der Waals surface area contributed by atoms with Crippen LogP contribution >= 0.6 is 0 Å². The zero-order chi connectivity index (χ0) is 14.5. The van der Waals surface area contributed by atoms with Crippen LogP contribution in [0.2, 0.25) is 0 Å².